The number of rotatable bonds is 4. The van der Waals surface area contributed by atoms with Crippen molar-refractivity contribution < 1.29 is 9.21 Å². The average molecular weight is 353 g/mol. The number of benzene rings is 1. The maximum atomic E-state index is 12.2. The van der Waals surface area contributed by atoms with E-state index in [1.807, 2.05) is 6.07 Å². The third-order valence-corrected chi connectivity index (χ3v) is 5.77. The lowest BCUT2D eigenvalue weighted by Gasteiger charge is -2.34. The van der Waals surface area contributed by atoms with Crippen molar-refractivity contribution in [2.75, 3.05) is 5.75 Å². The van der Waals surface area contributed by atoms with Gasteiger partial charge < -0.3 is 9.73 Å². The number of amides is 1. The highest BCUT2D eigenvalue weighted by Crippen LogP contribution is 2.30. The van der Waals surface area contributed by atoms with Crippen molar-refractivity contribution in [3.63, 3.8) is 0 Å². The maximum Gasteiger partial charge on any atom is 0.257 e. The molecule has 4 nitrogen and oxygen atoms in total. The third kappa shape index (κ3) is 4.01. The van der Waals surface area contributed by atoms with E-state index in [1.54, 1.807) is 12.1 Å². The normalized spacial score (nSPS) is 24.7. The molecule has 0 spiro atoms. The first kappa shape index (κ1) is 16.7. The number of carbonyl (C=O) groups excluding carboxylic acids is 1. The molecule has 0 saturated heterocycles. The lowest BCUT2D eigenvalue weighted by molar-refractivity contribution is -0.120. The molecule has 0 unspecified atom stereocenters. The van der Waals surface area contributed by atoms with Crippen LogP contribution in [-0.4, -0.2) is 22.7 Å². The Balaban J connectivity index is 1.55. The third-order valence-electron chi connectivity index (χ3n) is 4.71. The van der Waals surface area contributed by atoms with Crippen LogP contribution in [-0.2, 0) is 4.79 Å². The Kier molecular flexibility index (Phi) is 5.17. The molecule has 1 fully saturated rings. The van der Waals surface area contributed by atoms with E-state index in [-0.39, 0.29) is 11.9 Å². The van der Waals surface area contributed by atoms with Crippen LogP contribution >= 0.6 is 23.4 Å². The number of hydrogen-bond donors (Lipinski definition) is 1. The van der Waals surface area contributed by atoms with Gasteiger partial charge in [-0.05, 0) is 30.4 Å². The van der Waals surface area contributed by atoms with Gasteiger partial charge in [0.2, 0.25) is 5.91 Å². The van der Waals surface area contributed by atoms with Gasteiger partial charge >= 0.3 is 0 Å². The topological polar surface area (TPSA) is 55.1 Å². The predicted molar refractivity (Wildman–Crippen MR) is 93.9 cm³/mol. The Labute approximate surface area is 145 Å². The van der Waals surface area contributed by atoms with Gasteiger partial charge in [-0.15, -0.1) is 0 Å². The molecule has 1 aliphatic rings. The zero-order valence-electron chi connectivity index (χ0n) is 13.3. The second-order valence-corrected chi connectivity index (χ2v) is 7.68. The second-order valence-electron chi connectivity index (χ2n) is 6.32. The van der Waals surface area contributed by atoms with Gasteiger partial charge in [-0.2, -0.15) is 0 Å². The quantitative estimate of drug-likeness (QED) is 0.822. The Morgan fingerprint density at radius 3 is 3.09 bits per heavy atom. The molecule has 3 atom stereocenters. The molecule has 6 heteroatoms. The van der Waals surface area contributed by atoms with Gasteiger partial charge in [0.05, 0.1) is 5.75 Å². The van der Waals surface area contributed by atoms with Gasteiger partial charge in [0.15, 0.2) is 5.58 Å². The van der Waals surface area contributed by atoms with Gasteiger partial charge in [0.25, 0.3) is 5.22 Å². The van der Waals surface area contributed by atoms with E-state index >= 15 is 0 Å². The van der Waals surface area contributed by atoms with Gasteiger partial charge in [-0.3, -0.25) is 4.79 Å². The first-order chi connectivity index (χ1) is 11.0. The van der Waals surface area contributed by atoms with Crippen LogP contribution in [0.4, 0.5) is 0 Å². The van der Waals surface area contributed by atoms with Crippen molar-refractivity contribution in [2.24, 2.45) is 11.8 Å². The standard InChI is InChI=1S/C17H21ClN2O2S/c1-10-4-3-5-13(11(10)2)19-16(21)9-23-17-20-14-7-6-12(18)8-15(14)22-17/h6-8,10-11,13H,3-5,9H2,1-2H3,(H,19,21)/t10-,11+,13-/m0/s1. The summed E-state index contributed by atoms with van der Waals surface area (Å²) in [6, 6.07) is 5.61. The van der Waals surface area contributed by atoms with Gasteiger partial charge in [-0.25, -0.2) is 4.98 Å². The Morgan fingerprint density at radius 2 is 2.26 bits per heavy atom. The summed E-state index contributed by atoms with van der Waals surface area (Å²) in [7, 11) is 0. The molecule has 0 aliphatic heterocycles. The van der Waals surface area contributed by atoms with Crippen molar-refractivity contribution in [2.45, 2.75) is 44.4 Å². The molecule has 124 valence electrons. The number of aromatic nitrogens is 1. The van der Waals surface area contributed by atoms with Crippen molar-refractivity contribution in [3.8, 4) is 0 Å². The molecule has 1 aromatic heterocycles. The molecule has 1 saturated carbocycles. The molecule has 1 heterocycles. The number of nitrogens with one attached hydrogen (secondary N) is 1. The van der Waals surface area contributed by atoms with Crippen molar-refractivity contribution in [1.29, 1.82) is 0 Å². The molecule has 3 rings (SSSR count). The number of hydrogen-bond acceptors (Lipinski definition) is 4. The highest BCUT2D eigenvalue weighted by molar-refractivity contribution is 7.99. The van der Waals surface area contributed by atoms with Crippen LogP contribution < -0.4 is 5.32 Å². The van der Waals surface area contributed by atoms with E-state index in [1.165, 1.54) is 24.6 Å². The number of thioether (sulfide) groups is 1. The average Bonchev–Trinajstić information content (AvgIpc) is 2.92. The van der Waals surface area contributed by atoms with Crippen molar-refractivity contribution in [3.05, 3.63) is 23.2 Å². The predicted octanol–water partition coefficient (Wildman–Crippen LogP) is 4.51. The summed E-state index contributed by atoms with van der Waals surface area (Å²) in [5.74, 6) is 1.56. The summed E-state index contributed by atoms with van der Waals surface area (Å²) in [6.07, 6.45) is 3.52. The van der Waals surface area contributed by atoms with Crippen LogP contribution in [0.25, 0.3) is 11.1 Å². The van der Waals surface area contributed by atoms with E-state index in [4.69, 9.17) is 16.0 Å². The summed E-state index contributed by atoms with van der Waals surface area (Å²) in [5, 5.41) is 4.28. The van der Waals surface area contributed by atoms with Crippen LogP contribution in [0, 0.1) is 11.8 Å². The molecular formula is C17H21ClN2O2S. The zero-order valence-corrected chi connectivity index (χ0v) is 14.9. The maximum absolute atomic E-state index is 12.2. The fraction of sp³-hybridized carbons (Fsp3) is 0.529. The summed E-state index contributed by atoms with van der Waals surface area (Å²) in [4.78, 5) is 16.5. The Hall–Kier alpha value is -1.20. The molecule has 1 aromatic carbocycles. The van der Waals surface area contributed by atoms with E-state index < -0.39 is 0 Å². The van der Waals surface area contributed by atoms with Gasteiger partial charge in [-0.1, -0.05) is 50.1 Å². The second kappa shape index (κ2) is 7.14. The Morgan fingerprint density at radius 1 is 1.43 bits per heavy atom. The smallest absolute Gasteiger partial charge is 0.257 e. The monoisotopic (exact) mass is 352 g/mol. The van der Waals surface area contributed by atoms with Crippen molar-refractivity contribution in [1.82, 2.24) is 10.3 Å². The highest BCUT2D eigenvalue weighted by Gasteiger charge is 2.28. The molecule has 2 aromatic rings. The molecule has 1 amide bonds. The molecule has 23 heavy (non-hydrogen) atoms. The molecule has 1 aliphatic carbocycles. The van der Waals surface area contributed by atoms with Crippen LogP contribution in [0.15, 0.2) is 27.8 Å². The number of oxazole rings is 1. The Bertz CT molecular complexity index is 703. The molecule has 0 radical (unpaired) electrons. The minimum Gasteiger partial charge on any atom is -0.431 e. The van der Waals surface area contributed by atoms with Crippen LogP contribution in [0.1, 0.15) is 33.1 Å². The lowest BCUT2D eigenvalue weighted by atomic mass is 9.78. The zero-order chi connectivity index (χ0) is 16.4. The number of nitrogens with zero attached hydrogens (tertiary/aromatic N) is 1. The SMILES string of the molecule is C[C@H]1[C@@H](NC(=O)CSc2nc3ccc(Cl)cc3o2)CCC[C@@H]1C. The number of halogens is 1. The summed E-state index contributed by atoms with van der Waals surface area (Å²) in [5.41, 5.74) is 1.40. The van der Waals surface area contributed by atoms with Gasteiger partial charge in [0.1, 0.15) is 5.52 Å². The number of fused-ring (bicyclic) bond motifs is 1. The minimum atomic E-state index is 0.0428. The lowest BCUT2D eigenvalue weighted by Crippen LogP contribution is -2.44. The first-order valence-corrected chi connectivity index (χ1v) is 9.37. The molecule has 1 N–H and O–H groups in total. The summed E-state index contributed by atoms with van der Waals surface area (Å²) < 4.78 is 5.61. The molecular weight excluding hydrogens is 332 g/mol. The fourth-order valence-corrected chi connectivity index (χ4v) is 3.91. The van der Waals surface area contributed by atoms with E-state index in [0.29, 0.717) is 33.4 Å². The van der Waals surface area contributed by atoms with Crippen LogP contribution in [0.5, 0.6) is 0 Å². The molecule has 0 bridgehead atoms. The fourth-order valence-electron chi connectivity index (χ4n) is 3.10. The van der Waals surface area contributed by atoms with Crippen LogP contribution in [0.2, 0.25) is 5.02 Å². The van der Waals surface area contributed by atoms with Crippen LogP contribution in [0.3, 0.4) is 0 Å². The van der Waals surface area contributed by atoms with Crippen molar-refractivity contribution >= 4 is 40.4 Å². The van der Waals surface area contributed by atoms with E-state index in [9.17, 15) is 4.79 Å². The van der Waals surface area contributed by atoms with Gasteiger partial charge in [0, 0.05) is 17.1 Å². The summed E-state index contributed by atoms with van der Waals surface area (Å²) in [6.45, 7) is 4.49. The largest absolute Gasteiger partial charge is 0.431 e. The highest BCUT2D eigenvalue weighted by atomic mass is 35.5. The van der Waals surface area contributed by atoms with E-state index in [2.05, 4.69) is 24.1 Å². The minimum absolute atomic E-state index is 0.0428. The number of carbonyl (C=O) groups is 1. The first-order valence-electron chi connectivity index (χ1n) is 8.01. The summed E-state index contributed by atoms with van der Waals surface area (Å²) >= 11 is 7.25. The van der Waals surface area contributed by atoms with E-state index in [0.717, 1.165) is 11.9 Å².